The highest BCUT2D eigenvalue weighted by molar-refractivity contribution is 8.00. The number of aromatic nitrogens is 6. The van der Waals surface area contributed by atoms with E-state index in [0.717, 1.165) is 122 Å². The number of fused-ring (bicyclic) bond motifs is 24. The fourth-order valence-electron chi connectivity index (χ4n) is 17.9. The van der Waals surface area contributed by atoms with Gasteiger partial charge in [0.15, 0.2) is 34.9 Å². The van der Waals surface area contributed by atoms with Crippen LogP contribution in [0.2, 0.25) is 0 Å². The molecule has 2 aliphatic carbocycles. The summed E-state index contributed by atoms with van der Waals surface area (Å²) in [5.41, 5.74) is 25.8. The molecule has 502 valence electrons. The molecule has 15 aromatic carbocycles. The molecule has 0 amide bonds. The molecule has 6 heterocycles. The zero-order chi connectivity index (χ0) is 70.8. The first-order valence-corrected chi connectivity index (χ1v) is 38.0. The maximum absolute atomic E-state index is 6.82. The number of hydrogen-bond donors (Lipinski definition) is 0. The van der Waals surface area contributed by atoms with E-state index in [9.17, 15) is 0 Å². The summed E-state index contributed by atoms with van der Waals surface area (Å²) in [5, 5.41) is 4.34. The van der Waals surface area contributed by atoms with Crippen molar-refractivity contribution in [1.82, 2.24) is 29.9 Å². The normalized spacial score (nSPS) is 14.5. The Hall–Kier alpha value is -13.4. The summed E-state index contributed by atoms with van der Waals surface area (Å²) in [6, 6.07) is 122. The zero-order valence-corrected chi connectivity index (χ0v) is 59.3. The highest BCUT2D eigenvalue weighted by Crippen LogP contribution is 2.67. The molecule has 10 heteroatoms. The summed E-state index contributed by atoms with van der Waals surface area (Å²) < 4.78 is 13.6. The largest absolute Gasteiger partial charge is 0.456 e. The molecule has 4 aliphatic rings. The van der Waals surface area contributed by atoms with Crippen LogP contribution in [0.1, 0.15) is 44.5 Å². The fourth-order valence-corrected chi connectivity index (χ4v) is 20.4. The summed E-state index contributed by atoms with van der Waals surface area (Å²) in [7, 11) is 0. The van der Waals surface area contributed by atoms with E-state index < -0.39 is 10.8 Å². The number of rotatable bonds is 8. The Labute approximate surface area is 629 Å². The molecule has 2 aliphatic heterocycles. The maximum Gasteiger partial charge on any atom is 0.164 e. The first-order valence-electron chi connectivity index (χ1n) is 36.4. The number of para-hydroxylation sites is 2. The number of hydrogen-bond acceptors (Lipinski definition) is 10. The molecular weight excluding hydrogens is 1360 g/mol. The number of furan rings is 2. The van der Waals surface area contributed by atoms with Crippen LogP contribution in [-0.4, -0.2) is 29.9 Å². The second kappa shape index (κ2) is 23.6. The lowest BCUT2D eigenvalue weighted by Gasteiger charge is -2.40. The fraction of sp³-hybridized carbons (Fsp3) is 0.0204. The molecule has 19 aromatic rings. The minimum absolute atomic E-state index is 0.571. The maximum atomic E-state index is 6.82. The van der Waals surface area contributed by atoms with E-state index in [1.54, 1.807) is 0 Å². The summed E-state index contributed by atoms with van der Waals surface area (Å²) >= 11 is 3.69. The smallest absolute Gasteiger partial charge is 0.164 e. The van der Waals surface area contributed by atoms with Gasteiger partial charge in [0.2, 0.25) is 0 Å². The van der Waals surface area contributed by atoms with E-state index in [1.807, 2.05) is 96.3 Å². The van der Waals surface area contributed by atoms with Crippen LogP contribution in [0.5, 0.6) is 0 Å². The first kappa shape index (κ1) is 61.0. The third kappa shape index (κ3) is 8.96. The van der Waals surface area contributed by atoms with E-state index in [0.29, 0.717) is 34.9 Å². The Kier molecular flexibility index (Phi) is 13.3. The molecule has 8 nitrogen and oxygen atoms in total. The van der Waals surface area contributed by atoms with Gasteiger partial charge in [-0.15, -0.1) is 0 Å². The van der Waals surface area contributed by atoms with Gasteiger partial charge in [0.05, 0.1) is 10.8 Å². The van der Waals surface area contributed by atoms with Gasteiger partial charge in [-0.05, 0) is 162 Å². The Balaban J connectivity index is 0.697. The molecule has 0 bridgehead atoms. The van der Waals surface area contributed by atoms with Crippen LogP contribution in [0.3, 0.4) is 0 Å². The van der Waals surface area contributed by atoms with Gasteiger partial charge in [0, 0.05) is 74.5 Å². The van der Waals surface area contributed by atoms with E-state index in [1.165, 1.54) is 64.1 Å². The predicted molar refractivity (Wildman–Crippen MR) is 434 cm³/mol. The number of benzene rings is 15. The van der Waals surface area contributed by atoms with Crippen molar-refractivity contribution < 1.29 is 8.83 Å². The average Bonchev–Trinajstić information content (AvgIpc) is 1.50. The van der Waals surface area contributed by atoms with Gasteiger partial charge in [-0.1, -0.05) is 290 Å². The molecule has 108 heavy (non-hydrogen) atoms. The van der Waals surface area contributed by atoms with E-state index in [-0.39, 0.29) is 0 Å². The second-order valence-electron chi connectivity index (χ2n) is 28.2. The molecule has 0 N–H and O–H groups in total. The van der Waals surface area contributed by atoms with Gasteiger partial charge in [-0.3, -0.25) is 0 Å². The van der Waals surface area contributed by atoms with Crippen molar-refractivity contribution in [3.8, 4) is 113 Å². The molecule has 0 fully saturated rings. The molecule has 23 rings (SSSR count). The highest BCUT2D eigenvalue weighted by Gasteiger charge is 2.53. The topological polar surface area (TPSA) is 104 Å². The highest BCUT2D eigenvalue weighted by atomic mass is 32.2. The lowest BCUT2D eigenvalue weighted by Crippen LogP contribution is -2.32. The van der Waals surface area contributed by atoms with Crippen molar-refractivity contribution in [2.45, 2.75) is 30.4 Å². The van der Waals surface area contributed by atoms with Crippen molar-refractivity contribution in [2.24, 2.45) is 0 Å². The molecule has 0 radical (unpaired) electrons. The minimum Gasteiger partial charge on any atom is -0.456 e. The monoisotopic (exact) mass is 1410 g/mol. The van der Waals surface area contributed by atoms with Crippen molar-refractivity contribution >= 4 is 67.4 Å². The van der Waals surface area contributed by atoms with Crippen LogP contribution in [0, 0.1) is 0 Å². The summed E-state index contributed by atoms with van der Waals surface area (Å²) in [6.45, 7) is 0. The van der Waals surface area contributed by atoms with E-state index in [4.69, 9.17) is 38.7 Å². The van der Waals surface area contributed by atoms with Crippen LogP contribution in [0.4, 0.5) is 0 Å². The Morgan fingerprint density at radius 3 is 1.17 bits per heavy atom. The van der Waals surface area contributed by atoms with Crippen LogP contribution in [0.15, 0.2) is 368 Å². The van der Waals surface area contributed by atoms with E-state index >= 15 is 0 Å². The first-order chi connectivity index (χ1) is 53.5. The van der Waals surface area contributed by atoms with Gasteiger partial charge in [-0.2, -0.15) is 0 Å². The second-order valence-corrected chi connectivity index (χ2v) is 30.4. The zero-order valence-electron chi connectivity index (χ0n) is 57.6. The summed E-state index contributed by atoms with van der Waals surface area (Å²) in [6.07, 6.45) is 0. The molecule has 2 spiro atoms. The molecule has 1 unspecified atom stereocenters. The third-order valence-corrected chi connectivity index (χ3v) is 24.9. The lowest BCUT2D eigenvalue weighted by molar-refractivity contribution is 0.668. The molecule has 0 saturated heterocycles. The minimum atomic E-state index is -0.757. The standard InChI is InChI=1S/C98H56N6O2S2/c1-4-24-57(25-5-1)91-99-92(58-26-6-2-7-27-58)101-94(100-91)63-32-20-30-60(50-63)61-48-49-74-69(52-61)70-55-84-71(66-34-10-15-43-82(66)105-84)53-80(70)97(74)77-40-14-19-47-88(77)108-90-65(36-22-42-79(90)97)62-31-21-33-64(51-62)95-102-93(59-28-8-3-9-29-59)103-96(104-95)68-37-23-41-78-89(68)73-56-85-72(67-35-11-16-44-83(67)106-85)54-81(73)98(78)75-38-12-17-45-86(75)107-87-46-18-13-39-76(87)98/h1-56H. The van der Waals surface area contributed by atoms with Crippen LogP contribution in [0.25, 0.3) is 157 Å². The van der Waals surface area contributed by atoms with E-state index in [2.05, 4.69) is 267 Å². The Morgan fingerprint density at radius 2 is 0.593 bits per heavy atom. The van der Waals surface area contributed by atoms with Crippen LogP contribution in [-0.2, 0) is 10.8 Å². The Morgan fingerprint density at radius 1 is 0.204 bits per heavy atom. The summed E-state index contributed by atoms with van der Waals surface area (Å²) in [5.74, 6) is 3.58. The van der Waals surface area contributed by atoms with Crippen molar-refractivity contribution in [1.29, 1.82) is 0 Å². The molecule has 0 saturated carbocycles. The van der Waals surface area contributed by atoms with Crippen LogP contribution < -0.4 is 0 Å². The van der Waals surface area contributed by atoms with Crippen LogP contribution >= 0.6 is 23.5 Å². The summed E-state index contributed by atoms with van der Waals surface area (Å²) in [4.78, 5) is 36.8. The average molecular weight is 1410 g/mol. The van der Waals surface area contributed by atoms with Gasteiger partial charge in [0.1, 0.15) is 22.3 Å². The SMILES string of the molecule is c1ccc(-c2nc(-c3ccccc3)nc(-c3cccc(-c4ccc5c(c4)-c4cc6oc7ccccc7c6cc4C54c5ccccc5Sc5c(-c6cccc(-c7nc(-c8ccccc8)nc(-c8cccc9c8-c8cc%10oc%11ccccc%11c%10cc8C98c9ccccc9Sc9ccccc98)n7)c6)cccc54)c3)n2)cc1. The molecule has 4 aromatic heterocycles. The van der Waals surface area contributed by atoms with Gasteiger partial charge >= 0.3 is 0 Å². The Bertz CT molecular complexity index is 6930. The van der Waals surface area contributed by atoms with Crippen molar-refractivity contribution in [3.05, 3.63) is 384 Å². The number of nitrogens with zero attached hydrogens (tertiary/aromatic N) is 6. The van der Waals surface area contributed by atoms with Crippen molar-refractivity contribution in [2.75, 3.05) is 0 Å². The molecule has 1 atom stereocenters. The van der Waals surface area contributed by atoms with Gasteiger partial charge in [-0.25, -0.2) is 29.9 Å². The predicted octanol–water partition coefficient (Wildman–Crippen LogP) is 24.8. The van der Waals surface area contributed by atoms with Gasteiger partial charge in [0.25, 0.3) is 0 Å². The molecular formula is C98H56N6O2S2. The van der Waals surface area contributed by atoms with Gasteiger partial charge < -0.3 is 8.83 Å². The quantitative estimate of drug-likeness (QED) is 0.146. The van der Waals surface area contributed by atoms with Crippen molar-refractivity contribution in [3.63, 3.8) is 0 Å². The third-order valence-electron chi connectivity index (χ3n) is 22.5. The lowest BCUT2D eigenvalue weighted by atomic mass is 9.66.